The second-order valence-electron chi connectivity index (χ2n) is 4.14. The number of ether oxygens (including phenoxy) is 2. The fourth-order valence-corrected chi connectivity index (χ4v) is 1.66. The average Bonchev–Trinajstić information content (AvgIpc) is 2.48. The molecule has 114 valence electrons. The molecule has 0 spiro atoms. The molecule has 0 radical (unpaired) electrons. The first-order valence-electron chi connectivity index (χ1n) is 6.46. The fourth-order valence-electron chi connectivity index (χ4n) is 1.66. The van der Waals surface area contributed by atoms with Crippen LogP contribution in [0.4, 0.5) is 0 Å². The number of nitrogens with zero attached hydrogens (tertiary/aromatic N) is 1. The number of amides is 2. The van der Waals surface area contributed by atoms with Gasteiger partial charge in [0.2, 0.25) is 0 Å². The smallest absolute Gasteiger partial charge is 0.377 e. The van der Waals surface area contributed by atoms with Gasteiger partial charge < -0.3 is 20.1 Å². The van der Waals surface area contributed by atoms with E-state index in [1.54, 1.807) is 18.2 Å². The summed E-state index contributed by atoms with van der Waals surface area (Å²) in [6, 6.07) is 4.75. The molecule has 2 N–H and O–H groups in total. The van der Waals surface area contributed by atoms with Crippen LogP contribution in [-0.2, 0) is 26.5 Å². The second kappa shape index (κ2) is 9.46. The Morgan fingerprint density at radius 1 is 0.857 bits per heavy atom. The summed E-state index contributed by atoms with van der Waals surface area (Å²) in [4.78, 5) is 27.7. The van der Waals surface area contributed by atoms with Crippen LogP contribution in [0.1, 0.15) is 21.0 Å². The van der Waals surface area contributed by atoms with E-state index in [-0.39, 0.29) is 40.3 Å². The van der Waals surface area contributed by atoms with Crippen LogP contribution in [0.25, 0.3) is 0 Å². The third-order valence-corrected chi connectivity index (χ3v) is 2.65. The summed E-state index contributed by atoms with van der Waals surface area (Å²) >= 11 is 0. The molecule has 2 amide bonds. The number of hydrogen-bond acceptors (Lipinski definition) is 5. The minimum Gasteiger partial charge on any atom is -0.377 e. The maximum Gasteiger partial charge on any atom is 2.00 e. The molecule has 2 rings (SSSR count). The van der Waals surface area contributed by atoms with Crippen molar-refractivity contribution in [3.63, 3.8) is 0 Å². The minimum atomic E-state index is -0.325. The summed E-state index contributed by atoms with van der Waals surface area (Å²) in [6.07, 6.45) is 0. The van der Waals surface area contributed by atoms with E-state index in [0.717, 1.165) is 0 Å². The molecule has 21 heavy (non-hydrogen) atoms. The Labute approximate surface area is 133 Å². The van der Waals surface area contributed by atoms with Gasteiger partial charge in [-0.25, -0.2) is 4.98 Å². The van der Waals surface area contributed by atoms with Gasteiger partial charge in [-0.15, -0.1) is 0 Å². The zero-order valence-corrected chi connectivity index (χ0v) is 12.5. The van der Waals surface area contributed by atoms with Crippen LogP contribution in [0.2, 0.25) is 0 Å². The van der Waals surface area contributed by atoms with Crippen molar-refractivity contribution in [3.8, 4) is 0 Å². The van der Waals surface area contributed by atoms with Crippen molar-refractivity contribution in [2.24, 2.45) is 0 Å². The van der Waals surface area contributed by atoms with Crippen LogP contribution >= 0.6 is 0 Å². The number of nitrogens with one attached hydrogen (secondary N) is 2. The quantitative estimate of drug-likeness (QED) is 0.629. The standard InChI is InChI=1S/C13H17N3O4.Fe/c17-12-10-2-1-3-11(16-10)13(18)15-5-7-20-9-8-19-6-4-14-12;/h1-3H,4-9H2,(H,14,17)(H,15,18);/q;+2. The topological polar surface area (TPSA) is 89.5 Å². The van der Waals surface area contributed by atoms with Crippen molar-refractivity contribution >= 4 is 11.8 Å². The molecule has 2 heterocycles. The number of hydrogen-bond donors (Lipinski definition) is 2. The summed E-state index contributed by atoms with van der Waals surface area (Å²) in [7, 11) is 0. The normalized spacial score (nSPS) is 17.5. The molecule has 0 unspecified atom stereocenters. The van der Waals surface area contributed by atoms with Crippen LogP contribution in [0, 0.1) is 0 Å². The third-order valence-electron chi connectivity index (χ3n) is 2.65. The fraction of sp³-hybridized carbons (Fsp3) is 0.462. The van der Waals surface area contributed by atoms with Crippen molar-refractivity contribution in [1.82, 2.24) is 15.6 Å². The maximum atomic E-state index is 11.8. The molecule has 0 aliphatic carbocycles. The minimum absolute atomic E-state index is 0. The number of carbonyl (C=O) groups is 2. The summed E-state index contributed by atoms with van der Waals surface area (Å²) in [5.41, 5.74) is 0.424. The van der Waals surface area contributed by atoms with Crippen molar-refractivity contribution in [1.29, 1.82) is 0 Å². The van der Waals surface area contributed by atoms with Crippen molar-refractivity contribution in [3.05, 3.63) is 29.6 Å². The molecule has 8 heteroatoms. The van der Waals surface area contributed by atoms with Crippen LogP contribution in [0.3, 0.4) is 0 Å². The Morgan fingerprint density at radius 2 is 1.33 bits per heavy atom. The Balaban J connectivity index is 0.00000220. The summed E-state index contributed by atoms with van der Waals surface area (Å²) in [5.74, 6) is -0.649. The van der Waals surface area contributed by atoms with Gasteiger partial charge in [-0.2, -0.15) is 0 Å². The molecule has 0 saturated heterocycles. The Bertz CT molecular complexity index is 445. The third kappa shape index (κ3) is 5.81. The number of carbonyl (C=O) groups excluding carboxylic acids is 2. The summed E-state index contributed by atoms with van der Waals surface area (Å²) in [5, 5.41) is 5.35. The zero-order chi connectivity index (χ0) is 14.2. The maximum absolute atomic E-state index is 11.8. The van der Waals surface area contributed by atoms with Gasteiger partial charge in [0, 0.05) is 13.1 Å². The molecule has 0 fully saturated rings. The van der Waals surface area contributed by atoms with Crippen molar-refractivity contribution in [2.45, 2.75) is 0 Å². The number of aromatic nitrogens is 1. The van der Waals surface area contributed by atoms with Gasteiger partial charge in [0.05, 0.1) is 26.4 Å². The Morgan fingerprint density at radius 3 is 1.81 bits per heavy atom. The first kappa shape index (κ1) is 17.6. The van der Waals surface area contributed by atoms with E-state index in [4.69, 9.17) is 9.47 Å². The van der Waals surface area contributed by atoms with E-state index >= 15 is 0 Å². The molecule has 1 aromatic heterocycles. The SMILES string of the molecule is O=C1NCCOCCOCCNC(=O)c2cccc1n2.[Fe+2]. The molecule has 0 aromatic carbocycles. The zero-order valence-electron chi connectivity index (χ0n) is 11.4. The second-order valence-corrected chi connectivity index (χ2v) is 4.14. The van der Waals surface area contributed by atoms with E-state index in [1.165, 1.54) is 0 Å². The van der Waals surface area contributed by atoms with E-state index in [0.29, 0.717) is 39.5 Å². The van der Waals surface area contributed by atoms with Gasteiger partial charge in [0.25, 0.3) is 11.8 Å². The molecule has 7 nitrogen and oxygen atoms in total. The molecule has 2 bridgehead atoms. The Kier molecular flexibility index (Phi) is 7.92. The largest absolute Gasteiger partial charge is 2.00 e. The van der Waals surface area contributed by atoms with Gasteiger partial charge in [-0.1, -0.05) is 6.07 Å². The predicted octanol–water partition coefficient (Wildman–Crippen LogP) is -0.414. The van der Waals surface area contributed by atoms with E-state index in [2.05, 4.69) is 15.6 Å². The van der Waals surface area contributed by atoms with E-state index < -0.39 is 0 Å². The summed E-state index contributed by atoms with van der Waals surface area (Å²) < 4.78 is 10.6. The van der Waals surface area contributed by atoms with Crippen molar-refractivity contribution in [2.75, 3.05) is 39.5 Å². The molecular weight excluding hydrogens is 318 g/mol. The summed E-state index contributed by atoms with van der Waals surface area (Å²) in [6.45, 7) is 2.50. The van der Waals surface area contributed by atoms with Gasteiger partial charge >= 0.3 is 17.1 Å². The van der Waals surface area contributed by atoms with E-state index in [9.17, 15) is 9.59 Å². The monoisotopic (exact) mass is 335 g/mol. The molecule has 0 saturated carbocycles. The van der Waals surface area contributed by atoms with Crippen LogP contribution in [0.5, 0.6) is 0 Å². The van der Waals surface area contributed by atoms with Crippen LogP contribution in [-0.4, -0.2) is 56.3 Å². The average molecular weight is 335 g/mol. The number of fused-ring (bicyclic) bond motifs is 2. The predicted molar refractivity (Wildman–Crippen MR) is 70.5 cm³/mol. The molecule has 1 aliphatic heterocycles. The van der Waals surface area contributed by atoms with Crippen LogP contribution < -0.4 is 10.6 Å². The number of pyridine rings is 1. The molecule has 1 aromatic rings. The van der Waals surface area contributed by atoms with Crippen molar-refractivity contribution < 1.29 is 36.1 Å². The first-order chi connectivity index (χ1) is 9.77. The van der Waals surface area contributed by atoms with Gasteiger partial charge in [-0.05, 0) is 12.1 Å². The van der Waals surface area contributed by atoms with Gasteiger partial charge in [-0.3, -0.25) is 9.59 Å². The Hall–Kier alpha value is -1.47. The molecule has 0 atom stereocenters. The van der Waals surface area contributed by atoms with Crippen LogP contribution in [0.15, 0.2) is 18.2 Å². The molecule has 1 aliphatic rings. The number of rotatable bonds is 0. The molecular formula is C13H17FeN3O4+2. The first-order valence-corrected chi connectivity index (χ1v) is 6.46. The van der Waals surface area contributed by atoms with Gasteiger partial charge in [0.1, 0.15) is 11.4 Å². The van der Waals surface area contributed by atoms with Gasteiger partial charge in [0.15, 0.2) is 0 Å². The van der Waals surface area contributed by atoms with E-state index in [1.807, 2.05) is 0 Å².